The number of hydrogen-bond donors (Lipinski definition) is 1. The van der Waals surface area contributed by atoms with E-state index < -0.39 is 0 Å². The first-order valence-corrected chi connectivity index (χ1v) is 9.17. The highest BCUT2D eigenvalue weighted by Crippen LogP contribution is 2.35. The molecule has 0 bridgehead atoms. The fourth-order valence-corrected chi connectivity index (χ4v) is 5.56. The van der Waals surface area contributed by atoms with E-state index >= 15 is 0 Å². The molecule has 0 amide bonds. The van der Waals surface area contributed by atoms with E-state index in [1.165, 1.54) is 38.5 Å². The summed E-state index contributed by atoms with van der Waals surface area (Å²) in [5.41, 5.74) is 0. The van der Waals surface area contributed by atoms with Crippen LogP contribution in [0.25, 0.3) is 0 Å². The second-order valence-corrected chi connectivity index (χ2v) is 6.95. The third kappa shape index (κ3) is 4.20. The molecular weight excluding hydrogens is 311 g/mol. The van der Waals surface area contributed by atoms with E-state index in [1.807, 2.05) is 8.93 Å². The molecule has 0 aromatic heterocycles. The highest BCUT2D eigenvalue weighted by Gasteiger charge is 2.22. The van der Waals surface area contributed by atoms with E-state index in [2.05, 4.69) is 28.1 Å². The maximum Gasteiger partial charge on any atom is 0.0264 e. The van der Waals surface area contributed by atoms with Crippen molar-refractivity contribution in [2.45, 2.75) is 55.9 Å². The van der Waals surface area contributed by atoms with Gasteiger partial charge in [-0.05, 0) is 46.4 Å². The minimum Gasteiger partial charge on any atom is -0.175 e. The van der Waals surface area contributed by atoms with Crippen molar-refractivity contribution in [2.24, 2.45) is 5.92 Å². The highest BCUT2D eigenvalue weighted by atomic mass is 127. The summed E-state index contributed by atoms with van der Waals surface area (Å²) in [4.78, 5) is 0. The number of halogens is 1. The first kappa shape index (κ1) is 12.5. The zero-order chi connectivity index (χ0) is 9.68. The van der Waals surface area contributed by atoms with Gasteiger partial charge in [0, 0.05) is 10.5 Å². The quantitative estimate of drug-likeness (QED) is 0.564. The predicted octanol–water partition coefficient (Wildman–Crippen LogP) is 4.73. The van der Waals surface area contributed by atoms with Gasteiger partial charge in [0.2, 0.25) is 0 Å². The zero-order valence-electron chi connectivity index (χ0n) is 8.21. The summed E-state index contributed by atoms with van der Waals surface area (Å²) in [7, 11) is 1.98. The molecule has 0 aromatic rings. The van der Waals surface area contributed by atoms with Crippen molar-refractivity contribution in [3.8, 4) is 0 Å². The van der Waals surface area contributed by atoms with Crippen LogP contribution in [0.5, 0.6) is 0 Å². The number of thiol groups is 1. The van der Waals surface area contributed by atoms with Gasteiger partial charge in [0.1, 0.15) is 0 Å². The van der Waals surface area contributed by atoms with Gasteiger partial charge < -0.3 is 0 Å². The van der Waals surface area contributed by atoms with Gasteiger partial charge in [-0.3, -0.25) is 0 Å². The summed E-state index contributed by atoms with van der Waals surface area (Å²) in [6, 6.07) is 0. The molecule has 3 unspecified atom stereocenters. The van der Waals surface area contributed by atoms with Crippen molar-refractivity contribution in [3.05, 3.63) is 0 Å². The lowest BCUT2D eigenvalue weighted by molar-refractivity contribution is 0.378. The van der Waals surface area contributed by atoms with Crippen LogP contribution in [0, 0.1) is 5.92 Å². The minimum absolute atomic E-state index is 0.635. The number of hydrogen-bond acceptors (Lipinski definition) is 2. The molecule has 0 nitrogen and oxygen atoms in total. The smallest absolute Gasteiger partial charge is 0.0264 e. The van der Waals surface area contributed by atoms with Crippen LogP contribution >= 0.6 is 42.8 Å². The van der Waals surface area contributed by atoms with Crippen LogP contribution in [0.4, 0.5) is 0 Å². The zero-order valence-corrected chi connectivity index (χ0v) is 12.1. The first-order chi connectivity index (χ1) is 6.27. The summed E-state index contributed by atoms with van der Waals surface area (Å²) in [5, 5.41) is 1.43. The van der Waals surface area contributed by atoms with Gasteiger partial charge in [0.25, 0.3) is 0 Å². The lowest BCUT2D eigenvalue weighted by atomic mass is 9.89. The molecule has 3 atom stereocenters. The molecule has 78 valence electrons. The van der Waals surface area contributed by atoms with Crippen molar-refractivity contribution in [2.75, 3.05) is 0 Å². The summed E-state index contributed by atoms with van der Waals surface area (Å²) >= 11 is 7.14. The molecule has 1 rings (SSSR count). The topological polar surface area (TPSA) is 0 Å². The third-order valence-corrected chi connectivity index (χ3v) is 6.67. The van der Waals surface area contributed by atoms with Crippen LogP contribution in [0.2, 0.25) is 0 Å². The third-order valence-electron chi connectivity index (χ3n) is 3.09. The summed E-state index contributed by atoms with van der Waals surface area (Å²) < 4.78 is 0. The van der Waals surface area contributed by atoms with E-state index in [-0.39, 0.29) is 0 Å². The van der Waals surface area contributed by atoms with Crippen LogP contribution in [-0.2, 0) is 0 Å². The maximum atomic E-state index is 4.71. The molecule has 3 heteroatoms. The Kier molecular flexibility index (Phi) is 6.57. The molecule has 0 heterocycles. The molecule has 0 aliphatic heterocycles. The highest BCUT2D eigenvalue weighted by molar-refractivity contribution is 14.2. The Morgan fingerprint density at radius 1 is 1.31 bits per heavy atom. The van der Waals surface area contributed by atoms with Gasteiger partial charge in [0.05, 0.1) is 0 Å². The second-order valence-electron chi connectivity index (χ2n) is 3.98. The van der Waals surface area contributed by atoms with E-state index in [4.69, 9.17) is 12.6 Å². The molecule has 0 aromatic carbocycles. The summed E-state index contributed by atoms with van der Waals surface area (Å²) in [5.74, 6) is 0.981. The molecule has 0 spiro atoms. The molecule has 0 saturated heterocycles. The van der Waals surface area contributed by atoms with Crippen LogP contribution < -0.4 is 0 Å². The van der Waals surface area contributed by atoms with Gasteiger partial charge >= 0.3 is 0 Å². The average Bonchev–Trinajstić information content (AvgIpc) is 2.13. The summed E-state index contributed by atoms with van der Waals surface area (Å²) in [6.45, 7) is 2.32. The summed E-state index contributed by atoms with van der Waals surface area (Å²) in [6.07, 6.45) is 8.32. The molecule has 1 saturated carbocycles. The van der Waals surface area contributed by atoms with Crippen molar-refractivity contribution in [1.29, 1.82) is 0 Å². The SMILES string of the molecule is CCC1CCCC(SI)C(S)CC1. The fraction of sp³-hybridized carbons (Fsp3) is 1.00. The Balaban J connectivity index is 2.38. The molecule has 1 aliphatic rings. The van der Waals surface area contributed by atoms with Gasteiger partial charge in [0.15, 0.2) is 0 Å². The Morgan fingerprint density at radius 3 is 2.69 bits per heavy atom. The van der Waals surface area contributed by atoms with E-state index in [9.17, 15) is 0 Å². The standard InChI is InChI=1S/C10H19IS2/c1-2-8-4-3-5-10(13-11)9(12)7-6-8/h8-10,12H,2-7H2,1H3. The molecule has 0 radical (unpaired) electrons. The van der Waals surface area contributed by atoms with Crippen LogP contribution in [0.3, 0.4) is 0 Å². The van der Waals surface area contributed by atoms with E-state index in [0.29, 0.717) is 5.25 Å². The van der Waals surface area contributed by atoms with Crippen molar-refractivity contribution < 1.29 is 0 Å². The predicted molar refractivity (Wildman–Crippen MR) is 75.0 cm³/mol. The Bertz CT molecular complexity index is 141. The van der Waals surface area contributed by atoms with Crippen LogP contribution in [0.1, 0.15) is 45.4 Å². The van der Waals surface area contributed by atoms with Crippen LogP contribution in [0.15, 0.2) is 0 Å². The Labute approximate surface area is 104 Å². The number of rotatable bonds is 2. The van der Waals surface area contributed by atoms with Gasteiger partial charge in [-0.1, -0.05) is 35.1 Å². The van der Waals surface area contributed by atoms with Gasteiger partial charge in [-0.15, -0.1) is 0 Å². The molecule has 13 heavy (non-hydrogen) atoms. The maximum absolute atomic E-state index is 4.71. The average molecular weight is 330 g/mol. The molecule has 1 aliphatic carbocycles. The van der Waals surface area contributed by atoms with Crippen molar-refractivity contribution in [1.82, 2.24) is 0 Å². The minimum atomic E-state index is 0.635. The van der Waals surface area contributed by atoms with Crippen molar-refractivity contribution >= 4 is 42.8 Å². The normalized spacial score (nSPS) is 36.7. The van der Waals surface area contributed by atoms with E-state index in [1.54, 1.807) is 0 Å². The largest absolute Gasteiger partial charge is 0.175 e. The fourth-order valence-electron chi connectivity index (χ4n) is 2.05. The molecule has 0 N–H and O–H groups in total. The van der Waals surface area contributed by atoms with Gasteiger partial charge in [-0.2, -0.15) is 12.6 Å². The molecular formula is C10H19IS2. The first-order valence-electron chi connectivity index (χ1n) is 5.23. The van der Waals surface area contributed by atoms with Gasteiger partial charge in [-0.25, -0.2) is 0 Å². The molecule has 1 fully saturated rings. The van der Waals surface area contributed by atoms with E-state index in [0.717, 1.165) is 11.2 Å². The second kappa shape index (κ2) is 6.83. The Morgan fingerprint density at radius 2 is 2.08 bits per heavy atom. The monoisotopic (exact) mass is 330 g/mol. The van der Waals surface area contributed by atoms with Crippen LogP contribution in [-0.4, -0.2) is 10.5 Å². The van der Waals surface area contributed by atoms with Crippen molar-refractivity contribution in [3.63, 3.8) is 0 Å². The lowest BCUT2D eigenvalue weighted by Crippen LogP contribution is -2.20. The lowest BCUT2D eigenvalue weighted by Gasteiger charge is -2.26. The Hall–Kier alpha value is 1.43.